The number of nitrogens with zero attached hydrogens (tertiary/aromatic N) is 3. The van der Waals surface area contributed by atoms with E-state index in [2.05, 4.69) is 39.8 Å². The molecule has 1 N–H and O–H groups in total. The van der Waals surface area contributed by atoms with Gasteiger partial charge in [0.15, 0.2) is 0 Å². The van der Waals surface area contributed by atoms with Crippen LogP contribution < -0.4 is 5.43 Å². The van der Waals surface area contributed by atoms with Gasteiger partial charge in [-0.2, -0.15) is 5.10 Å². The van der Waals surface area contributed by atoms with E-state index in [0.717, 1.165) is 32.4 Å². The molecule has 126 valence electrons. The highest BCUT2D eigenvalue weighted by atomic mass is 32.1. The number of hydrazone groups is 1. The maximum Gasteiger partial charge on any atom is 0.204 e. The molecule has 0 atom stereocenters. The standard InChI is InChI=1S/C21H16N4S/c1-3-9-17(10-4-1)19-20(18-11-5-2-6-12-18)26-21(24-19)25-23-15-16-8-7-13-22-14-16/h1-15H,(H,24,25)/b23-15-. The number of benzene rings is 2. The van der Waals surface area contributed by atoms with Crippen LogP contribution in [0.15, 0.2) is 90.3 Å². The van der Waals surface area contributed by atoms with Crippen LogP contribution in [-0.2, 0) is 0 Å². The maximum absolute atomic E-state index is 4.77. The Labute approximate surface area is 155 Å². The van der Waals surface area contributed by atoms with E-state index < -0.39 is 0 Å². The Morgan fingerprint density at radius 2 is 1.58 bits per heavy atom. The fourth-order valence-electron chi connectivity index (χ4n) is 2.56. The molecule has 0 aliphatic carbocycles. The number of hydrogen-bond donors (Lipinski definition) is 1. The van der Waals surface area contributed by atoms with Crippen LogP contribution in [0.4, 0.5) is 5.13 Å². The first-order valence-electron chi connectivity index (χ1n) is 8.21. The third-order valence-corrected chi connectivity index (χ3v) is 4.78. The van der Waals surface area contributed by atoms with Gasteiger partial charge in [-0.15, -0.1) is 0 Å². The summed E-state index contributed by atoms with van der Waals surface area (Å²) in [7, 11) is 0. The summed E-state index contributed by atoms with van der Waals surface area (Å²) in [5.74, 6) is 0. The van der Waals surface area contributed by atoms with Gasteiger partial charge in [0.05, 0.1) is 16.8 Å². The molecule has 5 heteroatoms. The van der Waals surface area contributed by atoms with Gasteiger partial charge in [-0.3, -0.25) is 10.4 Å². The van der Waals surface area contributed by atoms with Crippen molar-refractivity contribution in [3.05, 3.63) is 90.8 Å². The molecule has 0 saturated carbocycles. The molecule has 4 aromatic rings. The quantitative estimate of drug-likeness (QED) is 0.389. The van der Waals surface area contributed by atoms with Crippen molar-refractivity contribution in [2.45, 2.75) is 0 Å². The molecule has 0 aliphatic rings. The van der Waals surface area contributed by atoms with Gasteiger partial charge in [-0.05, 0) is 11.6 Å². The molecule has 0 saturated heterocycles. The molecule has 0 amide bonds. The van der Waals surface area contributed by atoms with Crippen molar-refractivity contribution in [1.82, 2.24) is 9.97 Å². The van der Waals surface area contributed by atoms with E-state index in [-0.39, 0.29) is 0 Å². The summed E-state index contributed by atoms with van der Waals surface area (Å²) >= 11 is 1.59. The summed E-state index contributed by atoms with van der Waals surface area (Å²) in [5, 5.41) is 5.04. The van der Waals surface area contributed by atoms with Crippen molar-refractivity contribution in [3.8, 4) is 21.7 Å². The minimum Gasteiger partial charge on any atom is -0.264 e. The third kappa shape index (κ3) is 3.68. The average Bonchev–Trinajstić information content (AvgIpc) is 3.14. The molecule has 26 heavy (non-hydrogen) atoms. The molecule has 4 rings (SSSR count). The average molecular weight is 356 g/mol. The van der Waals surface area contributed by atoms with Gasteiger partial charge in [0.2, 0.25) is 5.13 Å². The second-order valence-corrected chi connectivity index (χ2v) is 6.58. The molecular formula is C21H16N4S. The lowest BCUT2D eigenvalue weighted by Crippen LogP contribution is -1.90. The smallest absolute Gasteiger partial charge is 0.204 e. The molecular weight excluding hydrogens is 340 g/mol. The Balaban J connectivity index is 1.66. The zero-order valence-electron chi connectivity index (χ0n) is 13.9. The number of anilines is 1. The van der Waals surface area contributed by atoms with Crippen LogP contribution in [-0.4, -0.2) is 16.2 Å². The van der Waals surface area contributed by atoms with E-state index in [1.54, 1.807) is 29.9 Å². The summed E-state index contributed by atoms with van der Waals surface area (Å²) < 4.78 is 0. The van der Waals surface area contributed by atoms with Gasteiger partial charge in [0, 0.05) is 23.5 Å². The first kappa shape index (κ1) is 16.2. The molecule has 2 heterocycles. The van der Waals surface area contributed by atoms with Crippen molar-refractivity contribution in [2.24, 2.45) is 5.10 Å². The van der Waals surface area contributed by atoms with Crippen molar-refractivity contribution in [2.75, 3.05) is 5.43 Å². The fourth-order valence-corrected chi connectivity index (χ4v) is 3.50. The molecule has 4 nitrogen and oxygen atoms in total. The number of rotatable bonds is 5. The second kappa shape index (κ2) is 7.72. The first-order chi connectivity index (χ1) is 12.9. The van der Waals surface area contributed by atoms with Crippen LogP contribution in [0.2, 0.25) is 0 Å². The predicted octanol–water partition coefficient (Wildman–Crippen LogP) is 5.32. The number of nitrogens with one attached hydrogen (secondary N) is 1. The summed E-state index contributed by atoms with van der Waals surface area (Å²) in [4.78, 5) is 9.96. The lowest BCUT2D eigenvalue weighted by Gasteiger charge is -2.02. The van der Waals surface area contributed by atoms with Crippen molar-refractivity contribution < 1.29 is 0 Å². The lowest BCUT2D eigenvalue weighted by atomic mass is 10.1. The Hall–Kier alpha value is -3.31. The van der Waals surface area contributed by atoms with Gasteiger partial charge in [0.25, 0.3) is 0 Å². The molecule has 0 spiro atoms. The van der Waals surface area contributed by atoms with Crippen LogP contribution in [0.25, 0.3) is 21.7 Å². The van der Waals surface area contributed by atoms with Crippen molar-refractivity contribution in [3.63, 3.8) is 0 Å². The van der Waals surface area contributed by atoms with Gasteiger partial charge in [0.1, 0.15) is 0 Å². The number of hydrogen-bond acceptors (Lipinski definition) is 5. The Morgan fingerprint density at radius 3 is 2.27 bits per heavy atom. The highest BCUT2D eigenvalue weighted by molar-refractivity contribution is 7.19. The molecule has 0 unspecified atom stereocenters. The predicted molar refractivity (Wildman–Crippen MR) is 108 cm³/mol. The molecule has 2 aromatic carbocycles. The second-order valence-electron chi connectivity index (χ2n) is 5.59. The summed E-state index contributed by atoms with van der Waals surface area (Å²) in [6.07, 6.45) is 5.24. The highest BCUT2D eigenvalue weighted by Crippen LogP contribution is 2.38. The van der Waals surface area contributed by atoms with Crippen molar-refractivity contribution in [1.29, 1.82) is 0 Å². The summed E-state index contributed by atoms with van der Waals surface area (Å²) in [5.41, 5.74) is 7.17. The van der Waals surface area contributed by atoms with E-state index in [9.17, 15) is 0 Å². The van der Waals surface area contributed by atoms with E-state index in [0.29, 0.717) is 0 Å². The van der Waals surface area contributed by atoms with Crippen LogP contribution in [0.1, 0.15) is 5.56 Å². The molecule has 0 bridgehead atoms. The van der Waals surface area contributed by atoms with Gasteiger partial charge in [-0.1, -0.05) is 78.1 Å². The SMILES string of the molecule is C(=N/Nc1nc(-c2ccccc2)c(-c2ccccc2)s1)/c1cccnc1. The molecule has 0 radical (unpaired) electrons. The monoisotopic (exact) mass is 356 g/mol. The topological polar surface area (TPSA) is 50.2 Å². The Morgan fingerprint density at radius 1 is 0.846 bits per heavy atom. The molecule has 0 aliphatic heterocycles. The van der Waals surface area contributed by atoms with Crippen LogP contribution in [0.5, 0.6) is 0 Å². The van der Waals surface area contributed by atoms with Gasteiger partial charge >= 0.3 is 0 Å². The largest absolute Gasteiger partial charge is 0.264 e. The van der Waals surface area contributed by atoms with Crippen molar-refractivity contribution >= 4 is 22.7 Å². The molecule has 2 aromatic heterocycles. The molecule has 0 fully saturated rings. The van der Waals surface area contributed by atoms with E-state index >= 15 is 0 Å². The normalized spacial score (nSPS) is 10.9. The van der Waals surface area contributed by atoms with Crippen LogP contribution in [0.3, 0.4) is 0 Å². The van der Waals surface area contributed by atoms with Gasteiger partial charge in [-0.25, -0.2) is 4.98 Å². The van der Waals surface area contributed by atoms with E-state index in [1.165, 1.54) is 0 Å². The van der Waals surface area contributed by atoms with E-state index in [4.69, 9.17) is 4.98 Å². The number of pyridine rings is 1. The maximum atomic E-state index is 4.77. The third-order valence-electron chi connectivity index (χ3n) is 3.77. The Kier molecular flexibility index (Phi) is 4.80. The summed E-state index contributed by atoms with van der Waals surface area (Å²) in [6.45, 7) is 0. The lowest BCUT2D eigenvalue weighted by molar-refractivity contribution is 1.28. The van der Waals surface area contributed by atoms with Gasteiger partial charge < -0.3 is 0 Å². The first-order valence-corrected chi connectivity index (χ1v) is 9.02. The Bertz CT molecular complexity index is 939. The summed E-state index contributed by atoms with van der Waals surface area (Å²) in [6, 6.07) is 24.3. The van der Waals surface area contributed by atoms with E-state index in [1.807, 2.05) is 48.5 Å². The minimum atomic E-state index is 0.753. The number of thiazole rings is 1. The fraction of sp³-hybridized carbons (Fsp3) is 0. The highest BCUT2D eigenvalue weighted by Gasteiger charge is 2.14. The zero-order chi connectivity index (χ0) is 17.6. The zero-order valence-corrected chi connectivity index (χ0v) is 14.7. The minimum absolute atomic E-state index is 0.753. The van der Waals surface area contributed by atoms with Crippen LogP contribution in [0, 0.1) is 0 Å². The van der Waals surface area contributed by atoms with Crippen LogP contribution >= 0.6 is 11.3 Å². The number of aromatic nitrogens is 2.